The van der Waals surface area contributed by atoms with E-state index in [2.05, 4.69) is 15.8 Å². The first kappa shape index (κ1) is 19.2. The molecule has 0 saturated carbocycles. The molecule has 2 heterocycles. The standard InChI is InChI=1S/C21H20N6O3/c22-19-17(21(28)25-24-13-14-7-3-1-4-8-14)16(15-9-5-2-6-10-15)18(27(29)30)20-23-11-12-26(19)20/h1-10,13,16,23H,11-12,22H2,(H,25,28)/b24-13+. The molecule has 2 aromatic rings. The van der Waals surface area contributed by atoms with Crippen molar-refractivity contribution in [2.24, 2.45) is 10.8 Å². The summed E-state index contributed by atoms with van der Waals surface area (Å²) in [5.41, 5.74) is 10.2. The lowest BCUT2D eigenvalue weighted by Gasteiger charge is -2.30. The van der Waals surface area contributed by atoms with Crippen molar-refractivity contribution in [3.63, 3.8) is 0 Å². The van der Waals surface area contributed by atoms with Crippen LogP contribution in [0.15, 0.2) is 88.7 Å². The Morgan fingerprint density at radius 2 is 1.87 bits per heavy atom. The van der Waals surface area contributed by atoms with Gasteiger partial charge in [0.05, 0.1) is 16.7 Å². The second kappa shape index (κ2) is 8.08. The van der Waals surface area contributed by atoms with Crippen LogP contribution in [0.3, 0.4) is 0 Å². The molecule has 0 aromatic heterocycles. The van der Waals surface area contributed by atoms with Crippen molar-refractivity contribution in [1.82, 2.24) is 15.6 Å². The van der Waals surface area contributed by atoms with Gasteiger partial charge in [0.1, 0.15) is 11.7 Å². The van der Waals surface area contributed by atoms with Crippen molar-refractivity contribution in [1.29, 1.82) is 0 Å². The van der Waals surface area contributed by atoms with Crippen LogP contribution in [-0.2, 0) is 4.79 Å². The van der Waals surface area contributed by atoms with Gasteiger partial charge in [-0.25, -0.2) is 5.43 Å². The summed E-state index contributed by atoms with van der Waals surface area (Å²) in [6, 6.07) is 18.1. The number of fused-ring (bicyclic) bond motifs is 1. The van der Waals surface area contributed by atoms with E-state index in [9.17, 15) is 14.9 Å². The highest BCUT2D eigenvalue weighted by Crippen LogP contribution is 2.41. The van der Waals surface area contributed by atoms with E-state index in [1.165, 1.54) is 6.21 Å². The number of nitrogens with two attached hydrogens (primary N) is 1. The summed E-state index contributed by atoms with van der Waals surface area (Å²) < 4.78 is 0. The number of hydrogen-bond donors (Lipinski definition) is 3. The second-order valence-electron chi connectivity index (χ2n) is 6.82. The molecular weight excluding hydrogens is 384 g/mol. The number of nitro groups is 1. The lowest BCUT2D eigenvalue weighted by Crippen LogP contribution is -2.40. The summed E-state index contributed by atoms with van der Waals surface area (Å²) in [5, 5.41) is 19.0. The highest BCUT2D eigenvalue weighted by atomic mass is 16.6. The summed E-state index contributed by atoms with van der Waals surface area (Å²) in [5.74, 6) is -0.999. The first-order valence-corrected chi connectivity index (χ1v) is 9.41. The van der Waals surface area contributed by atoms with Gasteiger partial charge in [0.2, 0.25) is 0 Å². The zero-order chi connectivity index (χ0) is 21.1. The first-order valence-electron chi connectivity index (χ1n) is 9.41. The molecule has 4 N–H and O–H groups in total. The molecule has 0 aliphatic carbocycles. The summed E-state index contributed by atoms with van der Waals surface area (Å²) in [4.78, 5) is 26.2. The van der Waals surface area contributed by atoms with Crippen molar-refractivity contribution in [2.45, 2.75) is 5.92 Å². The van der Waals surface area contributed by atoms with Gasteiger partial charge < -0.3 is 16.0 Å². The lowest BCUT2D eigenvalue weighted by molar-refractivity contribution is -0.432. The molecule has 2 aromatic carbocycles. The molecule has 0 bridgehead atoms. The van der Waals surface area contributed by atoms with Crippen molar-refractivity contribution in [3.05, 3.63) is 105 Å². The van der Waals surface area contributed by atoms with E-state index in [-0.39, 0.29) is 17.1 Å². The Kier molecular flexibility index (Phi) is 5.17. The Balaban J connectivity index is 1.73. The van der Waals surface area contributed by atoms with Crippen LogP contribution in [0.1, 0.15) is 17.0 Å². The van der Waals surface area contributed by atoms with E-state index in [4.69, 9.17) is 5.73 Å². The fraction of sp³-hybridized carbons (Fsp3) is 0.143. The summed E-state index contributed by atoms with van der Waals surface area (Å²) in [6.07, 6.45) is 1.50. The van der Waals surface area contributed by atoms with Gasteiger partial charge in [0.15, 0.2) is 5.82 Å². The molecule has 1 fully saturated rings. The van der Waals surface area contributed by atoms with Gasteiger partial charge >= 0.3 is 0 Å². The molecule has 1 saturated heterocycles. The maximum Gasteiger partial charge on any atom is 0.298 e. The second-order valence-corrected chi connectivity index (χ2v) is 6.82. The monoisotopic (exact) mass is 404 g/mol. The molecule has 0 radical (unpaired) electrons. The lowest BCUT2D eigenvalue weighted by atomic mass is 9.85. The number of benzene rings is 2. The number of hydrogen-bond acceptors (Lipinski definition) is 7. The van der Waals surface area contributed by atoms with Crippen LogP contribution >= 0.6 is 0 Å². The van der Waals surface area contributed by atoms with Crippen LogP contribution in [0.5, 0.6) is 0 Å². The molecule has 2 aliphatic heterocycles. The number of nitrogens with one attached hydrogen (secondary N) is 2. The third kappa shape index (κ3) is 3.48. The average molecular weight is 404 g/mol. The highest BCUT2D eigenvalue weighted by Gasteiger charge is 2.46. The maximum atomic E-state index is 13.1. The van der Waals surface area contributed by atoms with Crippen LogP contribution < -0.4 is 16.5 Å². The Labute approximate surface area is 172 Å². The summed E-state index contributed by atoms with van der Waals surface area (Å²) in [6.45, 7) is 0.931. The molecule has 9 heteroatoms. The Morgan fingerprint density at radius 1 is 1.20 bits per heavy atom. The van der Waals surface area contributed by atoms with Crippen molar-refractivity contribution >= 4 is 12.1 Å². The molecule has 1 amide bonds. The van der Waals surface area contributed by atoms with Gasteiger partial charge in [0.25, 0.3) is 11.6 Å². The minimum atomic E-state index is -0.926. The molecular formula is C21H20N6O3. The number of rotatable bonds is 5. The van der Waals surface area contributed by atoms with Gasteiger partial charge in [-0.3, -0.25) is 14.9 Å². The molecule has 2 aliphatic rings. The third-order valence-corrected chi connectivity index (χ3v) is 5.02. The van der Waals surface area contributed by atoms with E-state index >= 15 is 0 Å². The van der Waals surface area contributed by atoms with Crippen LogP contribution in [0.2, 0.25) is 0 Å². The molecule has 30 heavy (non-hydrogen) atoms. The van der Waals surface area contributed by atoms with Gasteiger partial charge in [0, 0.05) is 13.1 Å². The topological polar surface area (TPSA) is 126 Å². The van der Waals surface area contributed by atoms with Crippen LogP contribution in [-0.4, -0.2) is 35.0 Å². The largest absolute Gasteiger partial charge is 0.385 e. The number of nitrogens with zero attached hydrogens (tertiary/aromatic N) is 3. The van der Waals surface area contributed by atoms with Gasteiger partial charge in [-0.1, -0.05) is 60.7 Å². The number of allylic oxidation sites excluding steroid dienone is 1. The summed E-state index contributed by atoms with van der Waals surface area (Å²) in [7, 11) is 0. The normalized spacial score (nSPS) is 18.4. The third-order valence-electron chi connectivity index (χ3n) is 5.02. The number of amides is 1. The zero-order valence-electron chi connectivity index (χ0n) is 16.0. The van der Waals surface area contributed by atoms with Crippen LogP contribution in [0.4, 0.5) is 0 Å². The molecule has 152 valence electrons. The summed E-state index contributed by atoms with van der Waals surface area (Å²) >= 11 is 0. The molecule has 4 rings (SSSR count). The minimum Gasteiger partial charge on any atom is -0.385 e. The quantitative estimate of drug-likeness (QED) is 0.393. The predicted molar refractivity (Wildman–Crippen MR) is 111 cm³/mol. The fourth-order valence-electron chi connectivity index (χ4n) is 3.70. The Morgan fingerprint density at radius 3 is 2.53 bits per heavy atom. The van der Waals surface area contributed by atoms with E-state index in [0.29, 0.717) is 24.5 Å². The average Bonchev–Trinajstić information content (AvgIpc) is 3.24. The number of carbonyl (C=O) groups excluding carboxylic acids is 1. The van der Waals surface area contributed by atoms with Crippen molar-refractivity contribution in [3.8, 4) is 0 Å². The highest BCUT2D eigenvalue weighted by molar-refractivity contribution is 5.97. The Hall–Kier alpha value is -4.14. The van der Waals surface area contributed by atoms with Gasteiger partial charge in [-0.2, -0.15) is 5.10 Å². The number of carbonyl (C=O) groups is 1. The maximum absolute atomic E-state index is 13.1. The molecule has 0 spiro atoms. The first-order chi connectivity index (χ1) is 14.6. The van der Waals surface area contributed by atoms with Crippen LogP contribution in [0.25, 0.3) is 0 Å². The molecule has 1 unspecified atom stereocenters. The van der Waals surface area contributed by atoms with E-state index in [1.807, 2.05) is 36.4 Å². The van der Waals surface area contributed by atoms with E-state index in [1.54, 1.807) is 29.2 Å². The number of hydrazone groups is 1. The fourth-order valence-corrected chi connectivity index (χ4v) is 3.70. The zero-order valence-corrected chi connectivity index (χ0v) is 16.0. The smallest absolute Gasteiger partial charge is 0.298 e. The van der Waals surface area contributed by atoms with Crippen LogP contribution in [0, 0.1) is 10.1 Å². The molecule has 1 atom stereocenters. The van der Waals surface area contributed by atoms with Crippen molar-refractivity contribution < 1.29 is 9.72 Å². The molecule has 9 nitrogen and oxygen atoms in total. The predicted octanol–water partition coefficient (Wildman–Crippen LogP) is 1.46. The van der Waals surface area contributed by atoms with Gasteiger partial charge in [-0.05, 0) is 11.1 Å². The van der Waals surface area contributed by atoms with Gasteiger partial charge in [-0.15, -0.1) is 0 Å². The minimum absolute atomic E-state index is 0.102. The van der Waals surface area contributed by atoms with E-state index in [0.717, 1.165) is 5.56 Å². The van der Waals surface area contributed by atoms with E-state index < -0.39 is 16.7 Å². The Bertz CT molecular complexity index is 1060. The van der Waals surface area contributed by atoms with Crippen molar-refractivity contribution in [2.75, 3.05) is 13.1 Å². The SMILES string of the molecule is NC1=C(C(=O)N/N=C/c2ccccc2)C(c2ccccc2)C([N+](=O)[O-])=C2NCCN12.